The van der Waals surface area contributed by atoms with E-state index in [-0.39, 0.29) is 0 Å². The Balaban J connectivity index is 1.85. The van der Waals surface area contributed by atoms with Gasteiger partial charge in [0.05, 0.1) is 6.54 Å². The minimum Gasteiger partial charge on any atom is -0.479 e. The number of carbonyl (C=O) groups excluding carboxylic acids is 1. The molecule has 2 heterocycles. The van der Waals surface area contributed by atoms with Crippen LogP contribution in [-0.2, 0) is 25.6 Å². The standard InChI is InChI=1S/C14H13NO5/c1-8-10-11(13(17)18)20-14(19-10)12(16)15(8)7-9-5-3-2-4-6-9/h2-6,10-11,14H,1,7H2,(H,17,18)/t10-,11+,14+/m1/s1. The Labute approximate surface area is 115 Å². The van der Waals surface area contributed by atoms with Crippen LogP contribution in [-0.4, -0.2) is 40.4 Å². The summed E-state index contributed by atoms with van der Waals surface area (Å²) in [6, 6.07) is 9.38. The number of ether oxygens (including phenoxy) is 2. The zero-order valence-electron chi connectivity index (χ0n) is 10.6. The first kappa shape index (κ1) is 12.8. The number of carbonyl (C=O) groups is 2. The molecule has 0 saturated carbocycles. The van der Waals surface area contributed by atoms with Gasteiger partial charge in [0.25, 0.3) is 5.91 Å². The first-order chi connectivity index (χ1) is 9.58. The summed E-state index contributed by atoms with van der Waals surface area (Å²) in [6.07, 6.45) is -3.16. The average Bonchev–Trinajstić information content (AvgIpc) is 2.85. The Morgan fingerprint density at radius 2 is 2.00 bits per heavy atom. The van der Waals surface area contributed by atoms with E-state index in [0.717, 1.165) is 5.56 Å². The summed E-state index contributed by atoms with van der Waals surface area (Å²) >= 11 is 0. The van der Waals surface area contributed by atoms with E-state index in [1.54, 1.807) is 0 Å². The maximum Gasteiger partial charge on any atom is 0.336 e. The molecule has 6 heteroatoms. The van der Waals surface area contributed by atoms with Crippen LogP contribution in [0.4, 0.5) is 0 Å². The Kier molecular flexibility index (Phi) is 3.04. The van der Waals surface area contributed by atoms with E-state index in [1.165, 1.54) is 4.90 Å². The van der Waals surface area contributed by atoms with Crippen molar-refractivity contribution >= 4 is 11.9 Å². The third kappa shape index (κ3) is 1.99. The molecular formula is C14H13NO5. The van der Waals surface area contributed by atoms with Crippen LogP contribution in [0.15, 0.2) is 42.6 Å². The number of hydrogen-bond donors (Lipinski definition) is 1. The van der Waals surface area contributed by atoms with Gasteiger partial charge in [0, 0.05) is 5.70 Å². The topological polar surface area (TPSA) is 76.1 Å². The minimum absolute atomic E-state index is 0.319. The molecule has 2 fully saturated rings. The third-order valence-corrected chi connectivity index (χ3v) is 3.39. The fraction of sp³-hybridized carbons (Fsp3) is 0.286. The van der Waals surface area contributed by atoms with Gasteiger partial charge in [0.2, 0.25) is 6.29 Å². The number of carboxylic acids is 1. The van der Waals surface area contributed by atoms with Gasteiger partial charge in [-0.05, 0) is 5.56 Å². The van der Waals surface area contributed by atoms with E-state index in [9.17, 15) is 9.59 Å². The molecule has 1 N–H and O–H groups in total. The van der Waals surface area contributed by atoms with Gasteiger partial charge >= 0.3 is 5.97 Å². The predicted molar refractivity (Wildman–Crippen MR) is 67.3 cm³/mol. The Hall–Kier alpha value is -2.18. The van der Waals surface area contributed by atoms with Gasteiger partial charge in [0.15, 0.2) is 6.10 Å². The summed E-state index contributed by atoms with van der Waals surface area (Å²) in [5.74, 6) is -1.58. The Morgan fingerprint density at radius 3 is 2.65 bits per heavy atom. The SMILES string of the molecule is C=C1[C@H]2O[C@@H](O[C@@H]2C(=O)O)C(=O)N1Cc1ccccc1. The zero-order valence-corrected chi connectivity index (χ0v) is 10.6. The molecule has 1 aromatic rings. The van der Waals surface area contributed by atoms with Crippen molar-refractivity contribution in [1.82, 2.24) is 4.90 Å². The number of rotatable bonds is 3. The van der Waals surface area contributed by atoms with Gasteiger partial charge in [-0.2, -0.15) is 0 Å². The van der Waals surface area contributed by atoms with Gasteiger partial charge in [-0.25, -0.2) is 4.79 Å². The second kappa shape index (κ2) is 4.73. The van der Waals surface area contributed by atoms with Gasteiger partial charge < -0.3 is 19.5 Å². The number of amides is 1. The molecule has 2 aliphatic rings. The third-order valence-electron chi connectivity index (χ3n) is 3.39. The van der Waals surface area contributed by atoms with E-state index in [1.807, 2.05) is 30.3 Å². The van der Waals surface area contributed by atoms with Crippen LogP contribution in [0.5, 0.6) is 0 Å². The number of carboxylic acid groups (broad SMARTS) is 1. The minimum atomic E-state index is -1.18. The molecule has 0 spiro atoms. The van der Waals surface area contributed by atoms with Crippen molar-refractivity contribution in [2.24, 2.45) is 0 Å². The normalized spacial score (nSPS) is 28.8. The van der Waals surface area contributed by atoms with Crippen molar-refractivity contribution in [3.63, 3.8) is 0 Å². The number of morpholine rings is 1. The number of fused-ring (bicyclic) bond motifs is 2. The monoisotopic (exact) mass is 275 g/mol. The number of hydrogen-bond acceptors (Lipinski definition) is 4. The zero-order chi connectivity index (χ0) is 14.3. The Morgan fingerprint density at radius 1 is 1.30 bits per heavy atom. The lowest BCUT2D eigenvalue weighted by Gasteiger charge is -2.32. The summed E-state index contributed by atoms with van der Waals surface area (Å²) in [4.78, 5) is 24.7. The van der Waals surface area contributed by atoms with Crippen molar-refractivity contribution in [2.45, 2.75) is 25.0 Å². The highest BCUT2D eigenvalue weighted by Gasteiger charge is 2.52. The maximum atomic E-state index is 12.2. The molecule has 3 rings (SSSR count). The van der Waals surface area contributed by atoms with Crippen molar-refractivity contribution < 1.29 is 24.2 Å². The predicted octanol–water partition coefficient (Wildman–Crippen LogP) is 0.737. The molecule has 2 bridgehead atoms. The average molecular weight is 275 g/mol. The fourth-order valence-electron chi connectivity index (χ4n) is 2.37. The first-order valence-corrected chi connectivity index (χ1v) is 6.16. The van der Waals surface area contributed by atoms with Crippen LogP contribution >= 0.6 is 0 Å². The van der Waals surface area contributed by atoms with E-state index < -0.39 is 30.4 Å². The molecule has 0 aliphatic carbocycles. The van der Waals surface area contributed by atoms with Gasteiger partial charge in [-0.3, -0.25) is 4.79 Å². The molecular weight excluding hydrogens is 262 g/mol. The first-order valence-electron chi connectivity index (χ1n) is 6.16. The van der Waals surface area contributed by atoms with E-state index in [2.05, 4.69) is 6.58 Å². The highest BCUT2D eigenvalue weighted by Crippen LogP contribution is 2.34. The number of aliphatic carboxylic acids is 1. The largest absolute Gasteiger partial charge is 0.479 e. The molecule has 2 saturated heterocycles. The molecule has 20 heavy (non-hydrogen) atoms. The lowest BCUT2D eigenvalue weighted by Crippen LogP contribution is -2.46. The lowest BCUT2D eigenvalue weighted by molar-refractivity contribution is -0.168. The van der Waals surface area contributed by atoms with Gasteiger partial charge in [-0.15, -0.1) is 0 Å². The highest BCUT2D eigenvalue weighted by molar-refractivity contribution is 5.85. The van der Waals surface area contributed by atoms with E-state index >= 15 is 0 Å². The molecule has 6 nitrogen and oxygen atoms in total. The summed E-state index contributed by atoms with van der Waals surface area (Å²) < 4.78 is 10.4. The van der Waals surface area contributed by atoms with Crippen LogP contribution in [0.1, 0.15) is 5.56 Å². The highest BCUT2D eigenvalue weighted by atomic mass is 16.7. The molecule has 0 unspecified atom stereocenters. The van der Waals surface area contributed by atoms with Crippen LogP contribution in [0, 0.1) is 0 Å². The molecule has 1 amide bonds. The summed E-state index contributed by atoms with van der Waals surface area (Å²) in [5, 5.41) is 9.06. The van der Waals surface area contributed by atoms with Gasteiger partial charge in [-0.1, -0.05) is 36.9 Å². The molecule has 1 aromatic carbocycles. The lowest BCUT2D eigenvalue weighted by atomic mass is 10.1. The summed E-state index contributed by atoms with van der Waals surface area (Å²) in [7, 11) is 0. The number of benzene rings is 1. The summed E-state index contributed by atoms with van der Waals surface area (Å²) in [5.41, 5.74) is 1.25. The maximum absolute atomic E-state index is 12.2. The fourth-order valence-corrected chi connectivity index (χ4v) is 2.37. The molecule has 0 radical (unpaired) electrons. The summed E-state index contributed by atoms with van der Waals surface area (Å²) in [6.45, 7) is 4.11. The van der Waals surface area contributed by atoms with E-state index in [0.29, 0.717) is 12.2 Å². The Bertz CT molecular complexity index is 570. The van der Waals surface area contributed by atoms with Crippen LogP contribution in [0.25, 0.3) is 0 Å². The van der Waals surface area contributed by atoms with Crippen LogP contribution in [0.2, 0.25) is 0 Å². The van der Waals surface area contributed by atoms with Crippen LogP contribution < -0.4 is 0 Å². The quantitative estimate of drug-likeness (QED) is 0.880. The van der Waals surface area contributed by atoms with Crippen LogP contribution in [0.3, 0.4) is 0 Å². The second-order valence-corrected chi connectivity index (χ2v) is 4.68. The van der Waals surface area contributed by atoms with Crippen molar-refractivity contribution in [3.05, 3.63) is 48.2 Å². The molecule has 3 atom stereocenters. The smallest absolute Gasteiger partial charge is 0.336 e. The number of nitrogens with zero attached hydrogens (tertiary/aromatic N) is 1. The molecule has 2 aliphatic heterocycles. The molecule has 104 valence electrons. The molecule has 0 aromatic heterocycles. The van der Waals surface area contributed by atoms with E-state index in [4.69, 9.17) is 14.6 Å². The van der Waals surface area contributed by atoms with Crippen molar-refractivity contribution in [1.29, 1.82) is 0 Å². The second-order valence-electron chi connectivity index (χ2n) is 4.68. The van der Waals surface area contributed by atoms with Crippen molar-refractivity contribution in [3.8, 4) is 0 Å². The van der Waals surface area contributed by atoms with Crippen molar-refractivity contribution in [2.75, 3.05) is 0 Å². The van der Waals surface area contributed by atoms with Gasteiger partial charge in [0.1, 0.15) is 6.10 Å².